The van der Waals surface area contributed by atoms with Crippen molar-refractivity contribution < 1.29 is 4.79 Å². The molecule has 2 aromatic rings. The Morgan fingerprint density at radius 2 is 2.20 bits per heavy atom. The van der Waals surface area contributed by atoms with Gasteiger partial charge in [-0.15, -0.1) is 0 Å². The zero-order chi connectivity index (χ0) is 14.1. The Morgan fingerprint density at radius 1 is 1.45 bits per heavy atom. The number of ketones is 1. The molecule has 5 nitrogen and oxygen atoms in total. The lowest BCUT2D eigenvalue weighted by atomic mass is 10.1. The number of rotatable bonds is 3. The lowest BCUT2D eigenvalue weighted by molar-refractivity contribution is 0.101. The van der Waals surface area contributed by atoms with Gasteiger partial charge in [0.15, 0.2) is 0 Å². The molecule has 0 aliphatic carbocycles. The Bertz CT molecular complexity index is 605. The maximum Gasteiger partial charge on any atom is 0.228 e. The van der Waals surface area contributed by atoms with Crippen LogP contribution in [0.15, 0.2) is 24.5 Å². The number of hydrogen-bond acceptors (Lipinski definition) is 3. The number of carbonyl (C=O) groups excluding carboxylic acids is 1. The summed E-state index contributed by atoms with van der Waals surface area (Å²) in [5, 5.41) is 7.77. The minimum atomic E-state index is -0.0708. The van der Waals surface area contributed by atoms with E-state index in [2.05, 4.69) is 15.0 Å². The lowest BCUT2D eigenvalue weighted by Crippen LogP contribution is -2.30. The van der Waals surface area contributed by atoms with Crippen LogP contribution in [0.25, 0.3) is 0 Å². The molecule has 0 aromatic carbocycles. The summed E-state index contributed by atoms with van der Waals surface area (Å²) in [6, 6.07) is 4.14. The van der Waals surface area contributed by atoms with E-state index in [9.17, 15) is 4.79 Å². The van der Waals surface area contributed by atoms with Crippen molar-refractivity contribution in [3.05, 3.63) is 40.9 Å². The summed E-state index contributed by atoms with van der Waals surface area (Å²) in [5.41, 5.74) is 1.13. The minimum absolute atomic E-state index is 0.0708. The van der Waals surface area contributed by atoms with Gasteiger partial charge < -0.3 is 9.88 Å². The molecule has 0 spiro atoms. The number of hydrogen-bond donors (Lipinski definition) is 1. The first-order valence-electron chi connectivity index (χ1n) is 6.78. The van der Waals surface area contributed by atoms with Crippen LogP contribution in [0.2, 0.25) is 5.02 Å². The Kier molecular flexibility index (Phi) is 3.63. The van der Waals surface area contributed by atoms with Gasteiger partial charge in [0.1, 0.15) is 5.69 Å². The molecule has 1 saturated heterocycles. The predicted octanol–water partition coefficient (Wildman–Crippen LogP) is 2.03. The third kappa shape index (κ3) is 2.27. The molecule has 1 aliphatic rings. The van der Waals surface area contributed by atoms with Crippen LogP contribution in [0, 0.1) is 0 Å². The molecule has 0 saturated carbocycles. The summed E-state index contributed by atoms with van der Waals surface area (Å²) in [4.78, 5) is 12.7. The van der Waals surface area contributed by atoms with E-state index in [1.165, 1.54) is 10.9 Å². The van der Waals surface area contributed by atoms with Crippen molar-refractivity contribution in [1.29, 1.82) is 0 Å². The summed E-state index contributed by atoms with van der Waals surface area (Å²) in [6.45, 7) is 1.98. The van der Waals surface area contributed by atoms with Crippen molar-refractivity contribution >= 4 is 17.4 Å². The molecule has 0 radical (unpaired) electrons. The highest BCUT2D eigenvalue weighted by Gasteiger charge is 2.24. The molecule has 3 rings (SSSR count). The zero-order valence-electron chi connectivity index (χ0n) is 11.3. The van der Waals surface area contributed by atoms with E-state index in [1.54, 1.807) is 7.05 Å². The smallest absolute Gasteiger partial charge is 0.228 e. The van der Waals surface area contributed by atoms with Crippen LogP contribution in [0.1, 0.15) is 35.1 Å². The maximum atomic E-state index is 12.7. The number of halogens is 1. The van der Waals surface area contributed by atoms with E-state index in [0.717, 1.165) is 25.9 Å². The van der Waals surface area contributed by atoms with Gasteiger partial charge in [-0.05, 0) is 38.1 Å². The summed E-state index contributed by atoms with van der Waals surface area (Å²) >= 11 is 6.07. The number of piperidine rings is 1. The first-order chi connectivity index (χ1) is 9.68. The average Bonchev–Trinajstić information content (AvgIpc) is 3.07. The van der Waals surface area contributed by atoms with Crippen LogP contribution < -0.4 is 5.32 Å². The summed E-state index contributed by atoms with van der Waals surface area (Å²) in [5.74, 6) is -0.0708. The molecular formula is C14H17ClN4O. The number of aromatic nitrogens is 3. The van der Waals surface area contributed by atoms with E-state index < -0.39 is 0 Å². The third-order valence-corrected chi connectivity index (χ3v) is 4.10. The fourth-order valence-electron chi connectivity index (χ4n) is 2.78. The SMILES string of the molecule is Cn1ncc(Cl)c1C(=O)c1cccn1C1CCNCC1. The second-order valence-corrected chi connectivity index (χ2v) is 5.48. The van der Waals surface area contributed by atoms with Crippen molar-refractivity contribution in [3.63, 3.8) is 0 Å². The second-order valence-electron chi connectivity index (χ2n) is 5.08. The van der Waals surface area contributed by atoms with E-state index in [0.29, 0.717) is 22.5 Å². The van der Waals surface area contributed by atoms with Crippen molar-refractivity contribution in [1.82, 2.24) is 19.7 Å². The standard InChI is InChI=1S/C14H17ClN4O/c1-18-13(11(15)9-17-18)14(20)12-3-2-8-19(12)10-4-6-16-7-5-10/h2-3,8-10,16H,4-7H2,1H3. The zero-order valence-corrected chi connectivity index (χ0v) is 12.1. The van der Waals surface area contributed by atoms with E-state index in [4.69, 9.17) is 11.6 Å². The average molecular weight is 293 g/mol. The summed E-state index contributed by atoms with van der Waals surface area (Å²) in [7, 11) is 1.73. The van der Waals surface area contributed by atoms with Crippen LogP contribution >= 0.6 is 11.6 Å². The van der Waals surface area contributed by atoms with Gasteiger partial charge in [0, 0.05) is 19.3 Å². The monoisotopic (exact) mass is 292 g/mol. The highest BCUT2D eigenvalue weighted by Crippen LogP contribution is 2.24. The Labute approximate surface area is 122 Å². The van der Waals surface area contributed by atoms with Gasteiger partial charge in [-0.1, -0.05) is 11.6 Å². The van der Waals surface area contributed by atoms with Gasteiger partial charge in [0.2, 0.25) is 5.78 Å². The highest BCUT2D eigenvalue weighted by molar-refractivity contribution is 6.34. The maximum absolute atomic E-state index is 12.7. The summed E-state index contributed by atoms with van der Waals surface area (Å²) in [6.07, 6.45) is 5.56. The van der Waals surface area contributed by atoms with Gasteiger partial charge in [-0.3, -0.25) is 9.48 Å². The van der Waals surface area contributed by atoms with Crippen LogP contribution in [-0.4, -0.2) is 33.2 Å². The molecule has 0 atom stereocenters. The van der Waals surface area contributed by atoms with Gasteiger partial charge in [-0.25, -0.2) is 0 Å². The number of nitrogens with one attached hydrogen (secondary N) is 1. The Balaban J connectivity index is 1.95. The molecule has 6 heteroatoms. The molecule has 0 unspecified atom stereocenters. The summed E-state index contributed by atoms with van der Waals surface area (Å²) < 4.78 is 3.61. The first kappa shape index (κ1) is 13.4. The van der Waals surface area contributed by atoms with Crippen LogP contribution in [0.4, 0.5) is 0 Å². The molecule has 3 heterocycles. The highest BCUT2D eigenvalue weighted by atomic mass is 35.5. The Morgan fingerprint density at radius 3 is 2.85 bits per heavy atom. The van der Waals surface area contributed by atoms with E-state index >= 15 is 0 Å². The largest absolute Gasteiger partial charge is 0.342 e. The molecule has 106 valence electrons. The van der Waals surface area contributed by atoms with E-state index in [-0.39, 0.29) is 5.78 Å². The van der Waals surface area contributed by atoms with Crippen molar-refractivity contribution in [3.8, 4) is 0 Å². The number of nitrogens with zero attached hydrogens (tertiary/aromatic N) is 3. The van der Waals surface area contributed by atoms with Crippen LogP contribution in [0.5, 0.6) is 0 Å². The topological polar surface area (TPSA) is 51.9 Å². The third-order valence-electron chi connectivity index (χ3n) is 3.82. The lowest BCUT2D eigenvalue weighted by Gasteiger charge is -2.25. The normalized spacial score (nSPS) is 16.5. The quantitative estimate of drug-likeness (QED) is 0.881. The van der Waals surface area contributed by atoms with Gasteiger partial charge in [0.25, 0.3) is 0 Å². The predicted molar refractivity (Wildman–Crippen MR) is 77.2 cm³/mol. The van der Waals surface area contributed by atoms with Crippen LogP contribution in [-0.2, 0) is 7.05 Å². The van der Waals surface area contributed by atoms with Crippen LogP contribution in [0.3, 0.4) is 0 Å². The fourth-order valence-corrected chi connectivity index (χ4v) is 3.03. The second kappa shape index (κ2) is 5.42. The van der Waals surface area contributed by atoms with Crippen molar-refractivity contribution in [2.45, 2.75) is 18.9 Å². The molecule has 20 heavy (non-hydrogen) atoms. The Hall–Kier alpha value is -1.59. The first-order valence-corrected chi connectivity index (χ1v) is 7.16. The molecule has 1 N–H and O–H groups in total. The van der Waals surface area contributed by atoms with Crippen molar-refractivity contribution in [2.24, 2.45) is 7.05 Å². The van der Waals surface area contributed by atoms with Gasteiger partial charge in [-0.2, -0.15) is 5.10 Å². The molecule has 2 aromatic heterocycles. The molecule has 1 fully saturated rings. The van der Waals surface area contributed by atoms with Gasteiger partial charge in [0.05, 0.1) is 16.9 Å². The molecule has 0 amide bonds. The molecule has 0 bridgehead atoms. The minimum Gasteiger partial charge on any atom is -0.342 e. The van der Waals surface area contributed by atoms with E-state index in [1.807, 2.05) is 18.3 Å². The fraction of sp³-hybridized carbons (Fsp3) is 0.429. The molecular weight excluding hydrogens is 276 g/mol. The number of aryl methyl sites for hydroxylation is 1. The van der Waals surface area contributed by atoms with Gasteiger partial charge >= 0.3 is 0 Å². The van der Waals surface area contributed by atoms with Crippen molar-refractivity contribution in [2.75, 3.05) is 13.1 Å². The molecule has 1 aliphatic heterocycles. The number of carbonyl (C=O) groups is 1.